The Kier molecular flexibility index (Phi) is 5.08. The van der Waals surface area contributed by atoms with E-state index in [1.807, 2.05) is 25.1 Å². The number of rotatable bonds is 4. The van der Waals surface area contributed by atoms with Crippen molar-refractivity contribution in [2.75, 3.05) is 11.1 Å². The number of aromatic nitrogens is 3. The standard InChI is InChI=1S/C23H16N6O2/c1-13-6-7-26-11-17(13)19-8-16-9-20(27-12-18(16)22(25)28-19)29-23(31)21(30)15-4-2-14(10-24)3-5-15/h2-9,11-12H,1H3,(H2,25,28)(H,27,29,31). The van der Waals surface area contributed by atoms with Crippen molar-refractivity contribution < 1.29 is 9.59 Å². The third kappa shape index (κ3) is 3.93. The monoisotopic (exact) mass is 408 g/mol. The Bertz CT molecular complexity index is 1370. The minimum Gasteiger partial charge on any atom is -0.383 e. The molecule has 0 aliphatic carbocycles. The van der Waals surface area contributed by atoms with E-state index in [1.54, 1.807) is 18.5 Å². The first-order valence-corrected chi connectivity index (χ1v) is 9.29. The molecule has 3 heterocycles. The number of carbonyl (C=O) groups is 2. The van der Waals surface area contributed by atoms with E-state index in [1.165, 1.54) is 30.5 Å². The largest absolute Gasteiger partial charge is 0.383 e. The van der Waals surface area contributed by atoms with Crippen LogP contribution < -0.4 is 11.1 Å². The van der Waals surface area contributed by atoms with Crippen LogP contribution in [0.4, 0.5) is 11.6 Å². The third-order valence-electron chi connectivity index (χ3n) is 4.78. The Morgan fingerprint density at radius 3 is 2.58 bits per heavy atom. The lowest BCUT2D eigenvalue weighted by Crippen LogP contribution is -2.23. The second-order valence-electron chi connectivity index (χ2n) is 6.85. The number of amides is 1. The van der Waals surface area contributed by atoms with Crippen molar-refractivity contribution in [2.45, 2.75) is 6.92 Å². The summed E-state index contributed by atoms with van der Waals surface area (Å²) in [6, 6.07) is 13.1. The number of nitrogens with zero attached hydrogens (tertiary/aromatic N) is 4. The molecule has 3 aromatic heterocycles. The Labute approximate surface area is 177 Å². The molecule has 0 atom stereocenters. The van der Waals surface area contributed by atoms with Crippen molar-refractivity contribution in [2.24, 2.45) is 0 Å². The molecule has 8 heteroatoms. The summed E-state index contributed by atoms with van der Waals surface area (Å²) in [6.07, 6.45) is 4.91. The molecule has 0 spiro atoms. The number of fused-ring (bicyclic) bond motifs is 1. The molecular formula is C23H16N6O2. The van der Waals surface area contributed by atoms with Crippen molar-refractivity contribution >= 4 is 34.1 Å². The highest BCUT2D eigenvalue weighted by molar-refractivity contribution is 6.46. The van der Waals surface area contributed by atoms with Crippen molar-refractivity contribution in [1.29, 1.82) is 5.26 Å². The van der Waals surface area contributed by atoms with Crippen LogP contribution in [0.5, 0.6) is 0 Å². The lowest BCUT2D eigenvalue weighted by Gasteiger charge is -2.10. The zero-order valence-electron chi connectivity index (χ0n) is 16.5. The van der Waals surface area contributed by atoms with Crippen molar-refractivity contribution in [3.8, 4) is 17.3 Å². The topological polar surface area (TPSA) is 135 Å². The van der Waals surface area contributed by atoms with Crippen molar-refractivity contribution in [3.63, 3.8) is 0 Å². The summed E-state index contributed by atoms with van der Waals surface area (Å²) >= 11 is 0. The number of ketones is 1. The lowest BCUT2D eigenvalue weighted by molar-refractivity contribution is -0.112. The number of benzene rings is 1. The Morgan fingerprint density at radius 2 is 1.87 bits per heavy atom. The van der Waals surface area contributed by atoms with Crippen molar-refractivity contribution in [1.82, 2.24) is 15.0 Å². The molecule has 1 amide bonds. The average Bonchev–Trinajstić information content (AvgIpc) is 2.78. The number of nitrogens with one attached hydrogen (secondary N) is 1. The van der Waals surface area contributed by atoms with Gasteiger partial charge < -0.3 is 11.1 Å². The van der Waals surface area contributed by atoms with E-state index in [0.29, 0.717) is 27.8 Å². The van der Waals surface area contributed by atoms with Gasteiger partial charge in [0.15, 0.2) is 0 Å². The number of nitrogens with two attached hydrogens (primary N) is 1. The number of pyridine rings is 3. The fraction of sp³-hybridized carbons (Fsp3) is 0.0435. The first-order chi connectivity index (χ1) is 15.0. The highest BCUT2D eigenvalue weighted by Gasteiger charge is 2.17. The molecule has 0 aliphatic rings. The van der Waals surface area contributed by atoms with Gasteiger partial charge >= 0.3 is 0 Å². The molecule has 0 bridgehead atoms. The maximum atomic E-state index is 12.4. The molecule has 0 unspecified atom stereocenters. The first-order valence-electron chi connectivity index (χ1n) is 9.29. The second-order valence-corrected chi connectivity index (χ2v) is 6.85. The van der Waals surface area contributed by atoms with Crippen LogP contribution in [0.1, 0.15) is 21.5 Å². The van der Waals surface area contributed by atoms with Crippen LogP contribution in [0, 0.1) is 18.3 Å². The number of hydrogen-bond acceptors (Lipinski definition) is 7. The number of hydrogen-bond donors (Lipinski definition) is 2. The summed E-state index contributed by atoms with van der Waals surface area (Å²) in [5.41, 5.74) is 9.18. The van der Waals surface area contributed by atoms with Crippen LogP contribution in [0.2, 0.25) is 0 Å². The molecule has 0 saturated heterocycles. The van der Waals surface area contributed by atoms with Gasteiger partial charge in [0, 0.05) is 35.1 Å². The SMILES string of the molecule is Cc1ccncc1-c1cc2cc(NC(=O)C(=O)c3ccc(C#N)cc3)ncc2c(N)n1. The minimum atomic E-state index is -0.832. The predicted octanol–water partition coefficient (Wildman–Crippen LogP) is 3.28. The molecule has 3 N–H and O–H groups in total. The fourth-order valence-corrected chi connectivity index (χ4v) is 3.11. The van der Waals surface area contributed by atoms with E-state index >= 15 is 0 Å². The maximum absolute atomic E-state index is 12.4. The van der Waals surface area contributed by atoms with Crippen LogP contribution in [-0.4, -0.2) is 26.6 Å². The van der Waals surface area contributed by atoms with Gasteiger partial charge in [-0.25, -0.2) is 9.97 Å². The Morgan fingerprint density at radius 1 is 1.10 bits per heavy atom. The summed E-state index contributed by atoms with van der Waals surface area (Å²) in [5, 5.41) is 12.7. The van der Waals surface area contributed by atoms with Crippen LogP contribution in [0.3, 0.4) is 0 Å². The summed E-state index contributed by atoms with van der Waals surface area (Å²) in [5.74, 6) is -1.05. The van der Waals surface area contributed by atoms with E-state index in [4.69, 9.17) is 11.0 Å². The summed E-state index contributed by atoms with van der Waals surface area (Å²) < 4.78 is 0. The number of anilines is 2. The average molecular weight is 408 g/mol. The van der Waals surface area contributed by atoms with Crippen LogP contribution >= 0.6 is 0 Å². The first kappa shape index (κ1) is 19.7. The Balaban J connectivity index is 1.63. The van der Waals surface area contributed by atoms with Crippen LogP contribution in [0.25, 0.3) is 22.0 Å². The molecule has 4 aromatic rings. The molecular weight excluding hydrogens is 392 g/mol. The molecule has 4 rings (SSSR count). The summed E-state index contributed by atoms with van der Waals surface area (Å²) in [4.78, 5) is 37.5. The normalized spacial score (nSPS) is 10.5. The second kappa shape index (κ2) is 8.00. The van der Waals surface area contributed by atoms with Crippen molar-refractivity contribution in [3.05, 3.63) is 77.7 Å². The van der Waals surface area contributed by atoms with Gasteiger partial charge in [0.25, 0.3) is 11.7 Å². The molecule has 0 saturated carbocycles. The quantitative estimate of drug-likeness (QED) is 0.391. The zero-order valence-corrected chi connectivity index (χ0v) is 16.5. The van der Waals surface area contributed by atoms with Gasteiger partial charge in [0.2, 0.25) is 0 Å². The van der Waals surface area contributed by atoms with Gasteiger partial charge in [-0.05, 0) is 60.3 Å². The molecule has 1 aromatic carbocycles. The van der Waals surface area contributed by atoms with E-state index < -0.39 is 11.7 Å². The summed E-state index contributed by atoms with van der Waals surface area (Å²) in [7, 11) is 0. The van der Waals surface area contributed by atoms with Crippen LogP contribution in [-0.2, 0) is 4.79 Å². The van der Waals surface area contributed by atoms with Crippen LogP contribution in [0.15, 0.2) is 61.1 Å². The smallest absolute Gasteiger partial charge is 0.297 e. The third-order valence-corrected chi connectivity index (χ3v) is 4.78. The fourth-order valence-electron chi connectivity index (χ4n) is 3.11. The highest BCUT2D eigenvalue weighted by Crippen LogP contribution is 2.28. The molecule has 0 aliphatic heterocycles. The minimum absolute atomic E-state index is 0.181. The Hall–Kier alpha value is -4.64. The van der Waals surface area contributed by atoms with E-state index in [9.17, 15) is 9.59 Å². The number of nitriles is 1. The van der Waals surface area contributed by atoms with Gasteiger partial charge in [-0.3, -0.25) is 14.6 Å². The van der Waals surface area contributed by atoms with Gasteiger partial charge in [0.1, 0.15) is 11.6 Å². The molecule has 0 fully saturated rings. The maximum Gasteiger partial charge on any atom is 0.297 e. The summed E-state index contributed by atoms with van der Waals surface area (Å²) in [6.45, 7) is 1.95. The van der Waals surface area contributed by atoms with Gasteiger partial charge in [0.05, 0.1) is 17.3 Å². The number of aryl methyl sites for hydroxylation is 1. The molecule has 8 nitrogen and oxygen atoms in total. The van der Waals surface area contributed by atoms with E-state index in [0.717, 1.165) is 11.1 Å². The highest BCUT2D eigenvalue weighted by atomic mass is 16.2. The molecule has 0 radical (unpaired) electrons. The van der Waals surface area contributed by atoms with Gasteiger partial charge in [-0.15, -0.1) is 0 Å². The zero-order chi connectivity index (χ0) is 22.0. The van der Waals surface area contributed by atoms with E-state index in [-0.39, 0.29) is 11.4 Å². The number of carbonyl (C=O) groups excluding carboxylic acids is 2. The van der Waals surface area contributed by atoms with E-state index in [2.05, 4.69) is 20.3 Å². The lowest BCUT2D eigenvalue weighted by atomic mass is 10.1. The predicted molar refractivity (Wildman–Crippen MR) is 116 cm³/mol. The van der Waals surface area contributed by atoms with Gasteiger partial charge in [-0.2, -0.15) is 5.26 Å². The number of nitrogen functional groups attached to an aromatic ring is 1. The molecule has 150 valence electrons. The van der Waals surface area contributed by atoms with Gasteiger partial charge in [-0.1, -0.05) is 0 Å². The number of Topliss-reactive ketones (excluding diaryl/α,β-unsaturated/α-hetero) is 1. The molecule has 31 heavy (non-hydrogen) atoms.